The van der Waals surface area contributed by atoms with Crippen LogP contribution in [0.1, 0.15) is 31.2 Å². The molecule has 6 heteroatoms. The molecule has 2 aliphatic rings. The third-order valence-corrected chi connectivity index (χ3v) is 5.23. The van der Waals surface area contributed by atoms with Crippen LogP contribution in [0.15, 0.2) is 18.2 Å². The summed E-state index contributed by atoms with van der Waals surface area (Å²) in [6, 6.07) is 3.64. The molecule has 3 atom stereocenters. The van der Waals surface area contributed by atoms with Crippen molar-refractivity contribution in [2.24, 2.45) is 0 Å². The fraction of sp³-hybridized carbons (Fsp3) is 0.600. The van der Waals surface area contributed by atoms with Crippen molar-refractivity contribution in [1.82, 2.24) is 4.90 Å². The summed E-state index contributed by atoms with van der Waals surface area (Å²) in [5, 5.41) is 21.7. The first-order valence-corrected chi connectivity index (χ1v) is 7.28. The Morgan fingerprint density at radius 2 is 2.24 bits per heavy atom. The number of aliphatic hydroxyl groups is 1. The highest BCUT2D eigenvalue weighted by Crippen LogP contribution is 2.48. The molecular formula is C15H19FN2O3. The Morgan fingerprint density at radius 1 is 1.48 bits per heavy atom. The molecule has 1 saturated carbocycles. The summed E-state index contributed by atoms with van der Waals surface area (Å²) in [4.78, 5) is 12.6. The lowest BCUT2D eigenvalue weighted by atomic mass is 9.61. The third kappa shape index (κ3) is 2.13. The van der Waals surface area contributed by atoms with E-state index in [9.17, 15) is 19.6 Å². The molecule has 1 aromatic rings. The molecule has 1 N–H and O–H groups in total. The van der Waals surface area contributed by atoms with Gasteiger partial charge in [-0.25, -0.2) is 4.39 Å². The molecule has 3 rings (SSSR count). The Balaban J connectivity index is 2.09. The van der Waals surface area contributed by atoms with Gasteiger partial charge in [-0.2, -0.15) is 0 Å². The van der Waals surface area contributed by atoms with Gasteiger partial charge in [0.25, 0.3) is 5.69 Å². The first kappa shape index (κ1) is 14.4. The number of non-ortho nitro benzene ring substituents is 1. The number of hydrogen-bond acceptors (Lipinski definition) is 4. The van der Waals surface area contributed by atoms with Crippen molar-refractivity contribution in [3.8, 4) is 0 Å². The average Bonchev–Trinajstić information content (AvgIpc) is 2.44. The number of hydrogen-bond donors (Lipinski definition) is 1. The fourth-order valence-electron chi connectivity index (χ4n) is 4.01. The van der Waals surface area contributed by atoms with E-state index in [-0.39, 0.29) is 11.7 Å². The molecule has 1 heterocycles. The van der Waals surface area contributed by atoms with Crippen molar-refractivity contribution in [3.63, 3.8) is 0 Å². The van der Waals surface area contributed by atoms with Crippen LogP contribution in [-0.2, 0) is 5.41 Å². The predicted molar refractivity (Wildman–Crippen MR) is 75.6 cm³/mol. The number of aliphatic hydroxyl groups excluding tert-OH is 1. The van der Waals surface area contributed by atoms with Gasteiger partial charge in [0.05, 0.1) is 11.0 Å². The predicted octanol–water partition coefficient (Wildman–Crippen LogP) is 2.22. The monoisotopic (exact) mass is 294 g/mol. The minimum Gasteiger partial charge on any atom is -0.391 e. The zero-order chi connectivity index (χ0) is 15.2. The first-order valence-electron chi connectivity index (χ1n) is 7.28. The van der Waals surface area contributed by atoms with Crippen LogP contribution < -0.4 is 0 Å². The summed E-state index contributed by atoms with van der Waals surface area (Å²) in [6.45, 7) is 0.768. The largest absolute Gasteiger partial charge is 0.391 e. The number of halogens is 1. The van der Waals surface area contributed by atoms with Crippen LogP contribution in [-0.4, -0.2) is 40.7 Å². The maximum atomic E-state index is 14.3. The Kier molecular flexibility index (Phi) is 3.45. The molecule has 21 heavy (non-hydrogen) atoms. The highest BCUT2D eigenvalue weighted by molar-refractivity contribution is 5.41. The molecule has 1 saturated heterocycles. The number of rotatable bonds is 2. The maximum absolute atomic E-state index is 14.3. The molecule has 1 aliphatic heterocycles. The highest BCUT2D eigenvalue weighted by Gasteiger charge is 2.51. The molecular weight excluding hydrogens is 275 g/mol. The van der Waals surface area contributed by atoms with Crippen molar-refractivity contribution in [2.45, 2.75) is 43.2 Å². The Labute approximate surface area is 122 Å². The number of likely N-dealkylation sites (tertiary alicyclic amines) is 1. The van der Waals surface area contributed by atoms with E-state index in [2.05, 4.69) is 4.90 Å². The molecule has 1 aromatic carbocycles. The van der Waals surface area contributed by atoms with E-state index < -0.39 is 22.3 Å². The molecule has 0 amide bonds. The van der Waals surface area contributed by atoms with Gasteiger partial charge in [0.15, 0.2) is 0 Å². The van der Waals surface area contributed by atoms with E-state index in [1.54, 1.807) is 0 Å². The summed E-state index contributed by atoms with van der Waals surface area (Å²) in [7, 11) is 1.97. The van der Waals surface area contributed by atoms with E-state index >= 15 is 0 Å². The summed E-state index contributed by atoms with van der Waals surface area (Å²) in [5.74, 6) is -0.454. The van der Waals surface area contributed by atoms with Crippen LogP contribution in [0.3, 0.4) is 0 Å². The quantitative estimate of drug-likeness (QED) is 0.671. The molecule has 2 fully saturated rings. The zero-order valence-corrected chi connectivity index (χ0v) is 12.0. The average molecular weight is 294 g/mol. The maximum Gasteiger partial charge on any atom is 0.269 e. The van der Waals surface area contributed by atoms with Gasteiger partial charge in [0.2, 0.25) is 0 Å². The number of likely N-dealkylation sites (N-methyl/N-ethyl adjacent to an activating group) is 1. The van der Waals surface area contributed by atoms with Crippen molar-refractivity contribution in [1.29, 1.82) is 0 Å². The Hall–Kier alpha value is -1.53. The van der Waals surface area contributed by atoms with Crippen molar-refractivity contribution < 1.29 is 14.4 Å². The van der Waals surface area contributed by atoms with Gasteiger partial charge < -0.3 is 10.0 Å². The lowest BCUT2D eigenvalue weighted by molar-refractivity contribution is -0.385. The fourth-order valence-corrected chi connectivity index (χ4v) is 4.01. The van der Waals surface area contributed by atoms with Crippen LogP contribution in [0.5, 0.6) is 0 Å². The van der Waals surface area contributed by atoms with E-state index in [1.807, 2.05) is 7.05 Å². The van der Waals surface area contributed by atoms with Gasteiger partial charge in [-0.05, 0) is 38.9 Å². The van der Waals surface area contributed by atoms with Gasteiger partial charge in [-0.1, -0.05) is 6.42 Å². The number of nitro groups is 1. The summed E-state index contributed by atoms with van der Waals surface area (Å²) < 4.78 is 14.3. The second-order valence-corrected chi connectivity index (χ2v) is 6.21. The van der Waals surface area contributed by atoms with E-state index in [1.165, 1.54) is 12.1 Å². The lowest BCUT2D eigenvalue weighted by Crippen LogP contribution is -2.61. The zero-order valence-electron chi connectivity index (χ0n) is 12.0. The van der Waals surface area contributed by atoms with Crippen molar-refractivity contribution >= 4 is 5.69 Å². The minimum atomic E-state index is -0.689. The lowest BCUT2D eigenvalue weighted by Gasteiger charge is -2.53. The number of benzene rings is 1. The number of piperidine rings is 1. The number of fused-ring (bicyclic) bond motifs is 2. The van der Waals surface area contributed by atoms with Gasteiger partial charge in [0.1, 0.15) is 5.82 Å². The van der Waals surface area contributed by atoms with E-state index in [0.717, 1.165) is 25.5 Å². The SMILES string of the molecule is CN1CC[C@@]2(c3cc([N+](=O)[O-])ccc3F)CCCC1[C@H]2O. The van der Waals surface area contributed by atoms with E-state index in [4.69, 9.17) is 0 Å². The van der Waals surface area contributed by atoms with Crippen LogP contribution in [0, 0.1) is 15.9 Å². The van der Waals surface area contributed by atoms with Crippen LogP contribution >= 0.6 is 0 Å². The molecule has 0 spiro atoms. The van der Waals surface area contributed by atoms with Gasteiger partial charge >= 0.3 is 0 Å². The second-order valence-electron chi connectivity index (χ2n) is 6.21. The summed E-state index contributed by atoms with van der Waals surface area (Å²) in [6.07, 6.45) is 2.40. The Bertz CT molecular complexity index is 580. The number of nitrogens with zero attached hydrogens (tertiary/aromatic N) is 2. The van der Waals surface area contributed by atoms with Gasteiger partial charge in [0, 0.05) is 29.2 Å². The van der Waals surface area contributed by atoms with E-state index in [0.29, 0.717) is 18.4 Å². The molecule has 114 valence electrons. The normalized spacial score (nSPS) is 32.9. The summed E-state index contributed by atoms with van der Waals surface area (Å²) >= 11 is 0. The van der Waals surface area contributed by atoms with Crippen LogP contribution in [0.25, 0.3) is 0 Å². The first-order chi connectivity index (χ1) is 9.95. The molecule has 0 radical (unpaired) electrons. The van der Waals surface area contributed by atoms with Crippen molar-refractivity contribution in [2.75, 3.05) is 13.6 Å². The second kappa shape index (κ2) is 5.03. The topological polar surface area (TPSA) is 66.6 Å². The molecule has 1 aliphatic carbocycles. The molecule has 5 nitrogen and oxygen atoms in total. The standard InChI is InChI=1S/C15H19FN2O3/c1-17-8-7-15(6-2-3-13(17)14(15)19)11-9-10(18(20)21)4-5-12(11)16/h4-5,9,13-14,19H,2-3,6-8H2,1H3/t13?,14-,15-/m1/s1. The molecule has 1 unspecified atom stereocenters. The molecule has 2 bridgehead atoms. The molecule has 0 aromatic heterocycles. The smallest absolute Gasteiger partial charge is 0.269 e. The van der Waals surface area contributed by atoms with Gasteiger partial charge in [-0.3, -0.25) is 10.1 Å². The van der Waals surface area contributed by atoms with Crippen LogP contribution in [0.4, 0.5) is 10.1 Å². The highest BCUT2D eigenvalue weighted by atomic mass is 19.1. The third-order valence-electron chi connectivity index (χ3n) is 5.23. The summed E-state index contributed by atoms with van der Waals surface area (Å²) in [5.41, 5.74) is -0.498. The van der Waals surface area contributed by atoms with Crippen LogP contribution in [0.2, 0.25) is 0 Å². The van der Waals surface area contributed by atoms with Gasteiger partial charge in [-0.15, -0.1) is 0 Å². The number of nitro benzene ring substituents is 1. The van der Waals surface area contributed by atoms with Crippen molar-refractivity contribution in [3.05, 3.63) is 39.7 Å². The minimum absolute atomic E-state index is 0.00571. The Morgan fingerprint density at radius 3 is 2.95 bits per heavy atom.